The molecule has 2 unspecified atom stereocenters. The number of carbonyl (C=O) groups excluding carboxylic acids is 1. The molecule has 0 bridgehead atoms. The maximum atomic E-state index is 11.5. The molecule has 1 saturated heterocycles. The third-order valence-corrected chi connectivity index (χ3v) is 5.04. The summed E-state index contributed by atoms with van der Waals surface area (Å²) < 4.78 is 0. The predicted octanol–water partition coefficient (Wildman–Crippen LogP) is -0.00310. The van der Waals surface area contributed by atoms with Crippen molar-refractivity contribution in [2.75, 3.05) is 39.3 Å². The number of piperazine rings is 1. The summed E-state index contributed by atoms with van der Waals surface area (Å²) in [6.07, 6.45) is 3.85. The average molecular weight is 268 g/mol. The van der Waals surface area contributed by atoms with Gasteiger partial charge in [-0.05, 0) is 38.3 Å². The Bertz CT molecular complexity index is 315. The van der Waals surface area contributed by atoms with Crippen molar-refractivity contribution in [3.8, 4) is 0 Å². The SMILES string of the molecule is CCN1CCN(CCC2CCCC2(N)C(N)=O)CC1. The molecule has 19 heavy (non-hydrogen) atoms. The Morgan fingerprint density at radius 1 is 1.26 bits per heavy atom. The van der Waals surface area contributed by atoms with Crippen LogP contribution in [0.1, 0.15) is 32.6 Å². The van der Waals surface area contributed by atoms with E-state index in [-0.39, 0.29) is 11.8 Å². The number of hydrogen-bond donors (Lipinski definition) is 2. The van der Waals surface area contributed by atoms with Gasteiger partial charge in [-0.1, -0.05) is 13.3 Å². The summed E-state index contributed by atoms with van der Waals surface area (Å²) >= 11 is 0. The van der Waals surface area contributed by atoms with Crippen LogP contribution >= 0.6 is 0 Å². The van der Waals surface area contributed by atoms with Gasteiger partial charge in [0, 0.05) is 26.2 Å². The van der Waals surface area contributed by atoms with Crippen molar-refractivity contribution in [1.82, 2.24) is 9.80 Å². The van der Waals surface area contributed by atoms with E-state index >= 15 is 0 Å². The zero-order chi connectivity index (χ0) is 13.9. The van der Waals surface area contributed by atoms with Crippen molar-refractivity contribution >= 4 is 5.91 Å². The molecular weight excluding hydrogens is 240 g/mol. The summed E-state index contributed by atoms with van der Waals surface area (Å²) in [6, 6.07) is 0. The molecule has 2 rings (SSSR count). The van der Waals surface area contributed by atoms with Gasteiger partial charge < -0.3 is 21.3 Å². The van der Waals surface area contributed by atoms with Crippen molar-refractivity contribution < 1.29 is 4.79 Å². The van der Waals surface area contributed by atoms with E-state index in [0.29, 0.717) is 0 Å². The van der Waals surface area contributed by atoms with Crippen molar-refractivity contribution in [2.45, 2.75) is 38.1 Å². The molecule has 0 aromatic heterocycles. The van der Waals surface area contributed by atoms with Gasteiger partial charge in [0.25, 0.3) is 0 Å². The van der Waals surface area contributed by atoms with Crippen LogP contribution in [0.15, 0.2) is 0 Å². The normalized spacial score (nSPS) is 33.7. The Morgan fingerprint density at radius 2 is 1.89 bits per heavy atom. The van der Waals surface area contributed by atoms with Gasteiger partial charge in [-0.2, -0.15) is 0 Å². The Morgan fingerprint density at radius 3 is 2.47 bits per heavy atom. The van der Waals surface area contributed by atoms with Crippen LogP contribution in [0.25, 0.3) is 0 Å². The first-order valence-electron chi connectivity index (χ1n) is 7.59. The fourth-order valence-corrected chi connectivity index (χ4v) is 3.50. The van der Waals surface area contributed by atoms with E-state index in [1.165, 1.54) is 0 Å². The summed E-state index contributed by atoms with van der Waals surface area (Å²) in [5, 5.41) is 0. The smallest absolute Gasteiger partial charge is 0.237 e. The monoisotopic (exact) mass is 268 g/mol. The lowest BCUT2D eigenvalue weighted by Crippen LogP contribution is -2.55. The van der Waals surface area contributed by atoms with Gasteiger partial charge >= 0.3 is 0 Å². The molecule has 2 atom stereocenters. The van der Waals surface area contributed by atoms with Gasteiger partial charge in [-0.3, -0.25) is 4.79 Å². The maximum absolute atomic E-state index is 11.5. The molecule has 5 nitrogen and oxygen atoms in total. The van der Waals surface area contributed by atoms with Crippen LogP contribution < -0.4 is 11.5 Å². The van der Waals surface area contributed by atoms with Crippen LogP contribution in [-0.2, 0) is 4.79 Å². The molecule has 0 aromatic rings. The van der Waals surface area contributed by atoms with E-state index in [4.69, 9.17) is 11.5 Å². The number of likely N-dealkylation sites (N-methyl/N-ethyl adjacent to an activating group) is 1. The molecular formula is C14H28N4O. The van der Waals surface area contributed by atoms with Crippen LogP contribution in [0, 0.1) is 5.92 Å². The number of rotatable bonds is 5. The Labute approximate surface area is 116 Å². The minimum Gasteiger partial charge on any atom is -0.368 e. The number of nitrogens with two attached hydrogens (primary N) is 2. The zero-order valence-corrected chi connectivity index (χ0v) is 12.1. The summed E-state index contributed by atoms with van der Waals surface area (Å²) in [7, 11) is 0. The number of primary amides is 1. The standard InChI is InChI=1S/C14H28N4O/c1-2-17-8-10-18(11-9-17)7-5-12-4-3-6-14(12,16)13(15)19/h12H,2-11,16H2,1H3,(H2,15,19). The van der Waals surface area contributed by atoms with Crippen LogP contribution in [0.2, 0.25) is 0 Å². The minimum absolute atomic E-state index is 0.272. The van der Waals surface area contributed by atoms with E-state index in [9.17, 15) is 4.79 Å². The van der Waals surface area contributed by atoms with E-state index in [1.807, 2.05) is 0 Å². The van der Waals surface area contributed by atoms with Gasteiger partial charge in [0.1, 0.15) is 0 Å². The number of amides is 1. The molecule has 1 heterocycles. The second-order valence-electron chi connectivity index (χ2n) is 6.06. The number of nitrogens with zero attached hydrogens (tertiary/aromatic N) is 2. The van der Waals surface area contributed by atoms with Gasteiger partial charge in [0.15, 0.2) is 0 Å². The molecule has 4 N–H and O–H groups in total. The van der Waals surface area contributed by atoms with Crippen molar-refractivity contribution in [2.24, 2.45) is 17.4 Å². The van der Waals surface area contributed by atoms with Crippen LogP contribution in [0.4, 0.5) is 0 Å². The highest BCUT2D eigenvalue weighted by molar-refractivity contribution is 5.85. The van der Waals surface area contributed by atoms with Crippen LogP contribution in [0.5, 0.6) is 0 Å². The van der Waals surface area contributed by atoms with Gasteiger partial charge in [0.2, 0.25) is 5.91 Å². The Hall–Kier alpha value is -0.650. The highest BCUT2D eigenvalue weighted by Crippen LogP contribution is 2.36. The lowest BCUT2D eigenvalue weighted by molar-refractivity contribution is -0.124. The lowest BCUT2D eigenvalue weighted by atomic mass is 9.85. The average Bonchev–Trinajstić information content (AvgIpc) is 2.80. The van der Waals surface area contributed by atoms with Crippen LogP contribution in [-0.4, -0.2) is 60.5 Å². The first-order valence-corrected chi connectivity index (χ1v) is 7.59. The lowest BCUT2D eigenvalue weighted by Gasteiger charge is -2.35. The largest absolute Gasteiger partial charge is 0.368 e. The van der Waals surface area contributed by atoms with Gasteiger partial charge in [-0.25, -0.2) is 0 Å². The summed E-state index contributed by atoms with van der Waals surface area (Å²) in [5.74, 6) is -0.0417. The van der Waals surface area contributed by atoms with E-state index < -0.39 is 5.54 Å². The van der Waals surface area contributed by atoms with Gasteiger partial charge in [0.05, 0.1) is 5.54 Å². The summed E-state index contributed by atoms with van der Waals surface area (Å²) in [5.41, 5.74) is 10.9. The van der Waals surface area contributed by atoms with E-state index in [0.717, 1.165) is 65.0 Å². The molecule has 1 amide bonds. The highest BCUT2D eigenvalue weighted by atomic mass is 16.1. The maximum Gasteiger partial charge on any atom is 0.237 e. The van der Waals surface area contributed by atoms with Crippen molar-refractivity contribution in [1.29, 1.82) is 0 Å². The highest BCUT2D eigenvalue weighted by Gasteiger charge is 2.44. The van der Waals surface area contributed by atoms with Gasteiger partial charge in [-0.15, -0.1) is 0 Å². The molecule has 2 fully saturated rings. The van der Waals surface area contributed by atoms with Crippen LogP contribution in [0.3, 0.4) is 0 Å². The molecule has 110 valence electrons. The first kappa shape index (κ1) is 14.8. The molecule has 0 aromatic carbocycles. The topological polar surface area (TPSA) is 75.6 Å². The molecule has 1 aliphatic carbocycles. The van der Waals surface area contributed by atoms with E-state index in [1.54, 1.807) is 0 Å². The second kappa shape index (κ2) is 6.20. The first-order chi connectivity index (χ1) is 9.06. The summed E-state index contributed by atoms with van der Waals surface area (Å²) in [6.45, 7) is 8.99. The quantitative estimate of drug-likeness (QED) is 0.736. The molecule has 1 saturated carbocycles. The summed E-state index contributed by atoms with van der Waals surface area (Å²) in [4.78, 5) is 16.5. The number of carbonyl (C=O) groups is 1. The fraction of sp³-hybridized carbons (Fsp3) is 0.929. The molecule has 2 aliphatic rings. The third kappa shape index (κ3) is 3.27. The van der Waals surface area contributed by atoms with Crippen molar-refractivity contribution in [3.63, 3.8) is 0 Å². The minimum atomic E-state index is -0.745. The van der Waals surface area contributed by atoms with E-state index in [2.05, 4.69) is 16.7 Å². The predicted molar refractivity (Wildman–Crippen MR) is 76.6 cm³/mol. The fourth-order valence-electron chi connectivity index (χ4n) is 3.50. The molecule has 5 heteroatoms. The molecule has 1 aliphatic heterocycles. The second-order valence-corrected chi connectivity index (χ2v) is 6.06. The number of hydrogen-bond acceptors (Lipinski definition) is 4. The van der Waals surface area contributed by atoms with Crippen molar-refractivity contribution in [3.05, 3.63) is 0 Å². The zero-order valence-electron chi connectivity index (χ0n) is 12.1. The Balaban J connectivity index is 1.78. The third-order valence-electron chi connectivity index (χ3n) is 5.04. The molecule has 0 radical (unpaired) electrons. The Kier molecular flexibility index (Phi) is 4.81. The molecule has 0 spiro atoms.